The third-order valence-corrected chi connectivity index (χ3v) is 7.03. The smallest absolute Gasteiger partial charge is 0.264 e. The molecule has 8 heteroatoms. The number of aliphatic hydroxyl groups excluding tert-OH is 1. The van der Waals surface area contributed by atoms with Crippen LogP contribution in [0.4, 0.5) is 0 Å². The van der Waals surface area contributed by atoms with Gasteiger partial charge in [0.1, 0.15) is 5.56 Å². The molecule has 2 amide bonds. The summed E-state index contributed by atoms with van der Waals surface area (Å²) in [6, 6.07) is 9.87. The zero-order valence-electron chi connectivity index (χ0n) is 19.6. The first-order valence-electron chi connectivity index (χ1n) is 11.8. The number of carbonyl (C=O) groups is 2. The van der Waals surface area contributed by atoms with Crippen LogP contribution in [0.15, 0.2) is 35.1 Å². The number of likely N-dealkylation sites (N-methyl/N-ethyl adjacent to an activating group) is 1. The predicted octanol–water partition coefficient (Wildman–Crippen LogP) is 1.76. The molecule has 2 aromatic rings. The molecule has 3 heterocycles. The number of nitrogens with one attached hydrogen (secondary N) is 1. The molecule has 0 spiro atoms. The number of nitrogens with zero attached hydrogens (tertiary/aromatic N) is 3. The van der Waals surface area contributed by atoms with Gasteiger partial charge in [0.05, 0.1) is 11.6 Å². The summed E-state index contributed by atoms with van der Waals surface area (Å²) in [5, 5.41) is 14.4. The first-order chi connectivity index (χ1) is 15.8. The number of hydrogen-bond donors (Lipinski definition) is 2. The number of pyridine rings is 1. The number of aliphatic hydroxyl groups is 1. The first-order valence-corrected chi connectivity index (χ1v) is 11.8. The molecule has 0 aliphatic carbocycles. The van der Waals surface area contributed by atoms with Crippen molar-refractivity contribution in [1.29, 1.82) is 0 Å². The quantitative estimate of drug-likeness (QED) is 0.593. The number of hydrogen-bond acceptors (Lipinski definition) is 5. The Morgan fingerprint density at radius 3 is 2.55 bits per heavy atom. The topological polar surface area (TPSA) is 94.9 Å². The van der Waals surface area contributed by atoms with Gasteiger partial charge < -0.3 is 19.9 Å². The minimum absolute atomic E-state index is 0.000545. The highest BCUT2D eigenvalue weighted by molar-refractivity contribution is 5.97. The molecule has 2 aliphatic heterocycles. The van der Waals surface area contributed by atoms with Crippen LogP contribution in [-0.4, -0.2) is 76.2 Å². The number of amides is 2. The number of rotatable bonds is 8. The van der Waals surface area contributed by atoms with Crippen molar-refractivity contribution >= 4 is 23.2 Å². The maximum absolute atomic E-state index is 13.2. The van der Waals surface area contributed by atoms with E-state index in [1.165, 1.54) is 4.90 Å². The Hall–Kier alpha value is -2.71. The zero-order valence-corrected chi connectivity index (χ0v) is 19.6. The third-order valence-electron chi connectivity index (χ3n) is 7.03. The standard InChI is InChI=1S/C25H34N4O4/c1-16(2)29-23-7-5-4-6-17(23)10-22(25(29)33)24(32)26-18-11-19-8-9-20(12-18)28(19)14-21(31)13-27(3)15-30/h4-7,10,15-16,18-21,31H,8-9,11-14H2,1-3H3,(H,26,32)/t18?,19-,20+,21?. The molecule has 178 valence electrons. The van der Waals surface area contributed by atoms with Crippen LogP contribution >= 0.6 is 0 Å². The van der Waals surface area contributed by atoms with Crippen LogP contribution < -0.4 is 10.9 Å². The summed E-state index contributed by atoms with van der Waals surface area (Å²) in [7, 11) is 1.66. The van der Waals surface area contributed by atoms with Crippen LogP contribution in [0.1, 0.15) is 55.9 Å². The second-order valence-electron chi connectivity index (χ2n) is 9.81. The number of carbonyl (C=O) groups excluding carboxylic acids is 2. The van der Waals surface area contributed by atoms with Gasteiger partial charge in [-0.3, -0.25) is 19.3 Å². The molecule has 2 bridgehead atoms. The molecule has 2 unspecified atom stereocenters. The van der Waals surface area contributed by atoms with E-state index in [0.29, 0.717) is 13.1 Å². The molecule has 4 rings (SSSR count). The van der Waals surface area contributed by atoms with Gasteiger partial charge in [0.15, 0.2) is 0 Å². The Morgan fingerprint density at radius 2 is 1.91 bits per heavy atom. The Kier molecular flexibility index (Phi) is 6.86. The van der Waals surface area contributed by atoms with E-state index in [1.807, 2.05) is 38.1 Å². The summed E-state index contributed by atoms with van der Waals surface area (Å²) < 4.78 is 1.69. The van der Waals surface area contributed by atoms with Gasteiger partial charge in [-0.1, -0.05) is 18.2 Å². The van der Waals surface area contributed by atoms with E-state index < -0.39 is 6.10 Å². The minimum Gasteiger partial charge on any atom is -0.390 e. The molecule has 2 fully saturated rings. The van der Waals surface area contributed by atoms with Gasteiger partial charge in [0.25, 0.3) is 11.5 Å². The minimum atomic E-state index is -0.596. The maximum Gasteiger partial charge on any atom is 0.264 e. The average molecular weight is 455 g/mol. The summed E-state index contributed by atoms with van der Waals surface area (Å²) in [5.74, 6) is -0.314. The zero-order chi connectivity index (χ0) is 23.7. The van der Waals surface area contributed by atoms with E-state index >= 15 is 0 Å². The van der Waals surface area contributed by atoms with Gasteiger partial charge in [-0.05, 0) is 57.0 Å². The summed E-state index contributed by atoms with van der Waals surface area (Å²) >= 11 is 0. The average Bonchev–Trinajstić information content (AvgIpc) is 3.00. The lowest BCUT2D eigenvalue weighted by Gasteiger charge is -2.40. The molecule has 0 saturated carbocycles. The summed E-state index contributed by atoms with van der Waals surface area (Å²) in [4.78, 5) is 41.0. The summed E-state index contributed by atoms with van der Waals surface area (Å²) in [6.45, 7) is 4.73. The van der Waals surface area contributed by atoms with Crippen molar-refractivity contribution in [3.05, 3.63) is 46.2 Å². The van der Waals surface area contributed by atoms with Crippen molar-refractivity contribution in [2.75, 3.05) is 20.1 Å². The van der Waals surface area contributed by atoms with Crippen LogP contribution in [0, 0.1) is 0 Å². The van der Waals surface area contributed by atoms with Crippen molar-refractivity contribution in [2.24, 2.45) is 0 Å². The lowest BCUT2D eigenvalue weighted by molar-refractivity contribution is -0.118. The first kappa shape index (κ1) is 23.4. The van der Waals surface area contributed by atoms with Gasteiger partial charge in [-0.15, -0.1) is 0 Å². The molecule has 2 saturated heterocycles. The Labute approximate surface area is 194 Å². The second kappa shape index (κ2) is 9.65. The summed E-state index contributed by atoms with van der Waals surface area (Å²) in [5.41, 5.74) is 0.757. The van der Waals surface area contributed by atoms with E-state index in [1.54, 1.807) is 17.7 Å². The van der Waals surface area contributed by atoms with Gasteiger partial charge in [-0.2, -0.15) is 0 Å². The number of para-hydroxylation sites is 1. The number of benzene rings is 1. The second-order valence-corrected chi connectivity index (χ2v) is 9.81. The van der Waals surface area contributed by atoms with Gasteiger partial charge >= 0.3 is 0 Å². The molecule has 33 heavy (non-hydrogen) atoms. The third kappa shape index (κ3) is 4.82. The fourth-order valence-electron chi connectivity index (χ4n) is 5.59. The molecule has 1 aromatic heterocycles. The van der Waals surface area contributed by atoms with Crippen molar-refractivity contribution < 1.29 is 14.7 Å². The lowest BCUT2D eigenvalue weighted by atomic mass is 9.96. The van der Waals surface area contributed by atoms with E-state index in [-0.39, 0.29) is 41.2 Å². The Bertz CT molecular complexity index is 1070. The fraction of sp³-hybridized carbons (Fsp3) is 0.560. The number of fused-ring (bicyclic) bond motifs is 3. The van der Waals surface area contributed by atoms with Crippen molar-refractivity contribution in [3.8, 4) is 0 Å². The number of aromatic nitrogens is 1. The molecule has 0 radical (unpaired) electrons. The van der Waals surface area contributed by atoms with Crippen LogP contribution in [0.25, 0.3) is 10.9 Å². The van der Waals surface area contributed by atoms with E-state index in [2.05, 4.69) is 10.2 Å². The highest BCUT2D eigenvalue weighted by Crippen LogP contribution is 2.36. The molecule has 2 aliphatic rings. The molecular weight excluding hydrogens is 420 g/mol. The monoisotopic (exact) mass is 454 g/mol. The maximum atomic E-state index is 13.2. The van der Waals surface area contributed by atoms with Crippen molar-refractivity contribution in [2.45, 2.75) is 69.8 Å². The largest absolute Gasteiger partial charge is 0.390 e. The Morgan fingerprint density at radius 1 is 1.24 bits per heavy atom. The molecule has 1 aromatic carbocycles. The SMILES string of the molecule is CC(C)n1c(=O)c(C(=O)NC2C[C@H]3CC[C@@H](C2)N3CC(O)CN(C)C=O)cc2ccccc21. The van der Waals surface area contributed by atoms with E-state index in [9.17, 15) is 19.5 Å². The van der Waals surface area contributed by atoms with Crippen LogP contribution in [-0.2, 0) is 4.79 Å². The highest BCUT2D eigenvalue weighted by atomic mass is 16.3. The van der Waals surface area contributed by atoms with Crippen LogP contribution in [0.5, 0.6) is 0 Å². The van der Waals surface area contributed by atoms with Crippen molar-refractivity contribution in [1.82, 2.24) is 19.7 Å². The van der Waals surface area contributed by atoms with Gasteiger partial charge in [0, 0.05) is 44.3 Å². The highest BCUT2D eigenvalue weighted by Gasteiger charge is 2.41. The molecular formula is C25H34N4O4. The molecule has 8 nitrogen and oxygen atoms in total. The summed E-state index contributed by atoms with van der Waals surface area (Å²) in [6.07, 6.45) is 3.78. The van der Waals surface area contributed by atoms with Gasteiger partial charge in [0.2, 0.25) is 6.41 Å². The molecule has 2 N–H and O–H groups in total. The van der Waals surface area contributed by atoms with Gasteiger partial charge in [-0.25, -0.2) is 0 Å². The fourth-order valence-corrected chi connectivity index (χ4v) is 5.59. The van der Waals surface area contributed by atoms with E-state index in [0.717, 1.165) is 43.0 Å². The Balaban J connectivity index is 1.47. The van der Waals surface area contributed by atoms with E-state index in [4.69, 9.17) is 0 Å². The normalized spacial score (nSPS) is 23.6. The van der Waals surface area contributed by atoms with Crippen LogP contribution in [0.3, 0.4) is 0 Å². The lowest BCUT2D eigenvalue weighted by Crippen LogP contribution is -2.53. The number of piperidine rings is 1. The molecule has 4 atom stereocenters. The van der Waals surface area contributed by atoms with Crippen molar-refractivity contribution in [3.63, 3.8) is 0 Å². The predicted molar refractivity (Wildman–Crippen MR) is 127 cm³/mol. The van der Waals surface area contributed by atoms with Crippen LogP contribution in [0.2, 0.25) is 0 Å².